The van der Waals surface area contributed by atoms with Crippen molar-refractivity contribution in [1.82, 2.24) is 4.90 Å². The summed E-state index contributed by atoms with van der Waals surface area (Å²) in [6.07, 6.45) is -0.0355. The van der Waals surface area contributed by atoms with Crippen molar-refractivity contribution in [2.75, 3.05) is 6.54 Å². The first-order valence-corrected chi connectivity index (χ1v) is 8.25. The molecule has 0 fully saturated rings. The molecular weight excluding hydrogens is 326 g/mol. The van der Waals surface area contributed by atoms with Crippen LogP contribution in [-0.2, 0) is 22.5 Å². The topological polar surface area (TPSA) is 46.6 Å². The largest absolute Gasteiger partial charge is 0.449 e. The van der Waals surface area contributed by atoms with E-state index in [4.69, 9.17) is 16.3 Å². The average Bonchev–Trinajstić information content (AvgIpc) is 2.60. The zero-order valence-electron chi connectivity index (χ0n) is 13.4. The van der Waals surface area contributed by atoms with Gasteiger partial charge in [-0.3, -0.25) is 4.79 Å². The van der Waals surface area contributed by atoms with Crippen molar-refractivity contribution >= 4 is 23.5 Å². The molecule has 1 amide bonds. The Labute approximate surface area is 146 Å². The molecule has 1 aliphatic heterocycles. The number of benzene rings is 2. The minimum atomic E-state index is -0.848. The second-order valence-corrected chi connectivity index (χ2v) is 6.21. The van der Waals surface area contributed by atoms with Crippen LogP contribution < -0.4 is 0 Å². The summed E-state index contributed by atoms with van der Waals surface area (Å²) in [5, 5.41) is 0.314. The molecule has 0 N–H and O–H groups in total. The molecule has 1 aliphatic rings. The lowest BCUT2D eigenvalue weighted by molar-refractivity contribution is -0.140. The summed E-state index contributed by atoms with van der Waals surface area (Å²) in [6, 6.07) is 14.7. The fourth-order valence-electron chi connectivity index (χ4n) is 2.84. The Hall–Kier alpha value is -2.33. The number of carbonyl (C=O) groups excluding carboxylic acids is 2. The summed E-state index contributed by atoms with van der Waals surface area (Å²) in [7, 11) is 0. The van der Waals surface area contributed by atoms with Gasteiger partial charge >= 0.3 is 5.97 Å². The van der Waals surface area contributed by atoms with Gasteiger partial charge in [0.25, 0.3) is 5.91 Å². The van der Waals surface area contributed by atoms with Crippen LogP contribution in [0.4, 0.5) is 0 Å². The molecule has 0 saturated heterocycles. The van der Waals surface area contributed by atoms with Gasteiger partial charge in [-0.15, -0.1) is 0 Å². The highest BCUT2D eigenvalue weighted by Gasteiger charge is 2.27. The molecule has 0 spiro atoms. The summed E-state index contributed by atoms with van der Waals surface area (Å²) < 4.78 is 5.31. The number of ether oxygens (including phenoxy) is 1. The number of rotatable bonds is 3. The highest BCUT2D eigenvalue weighted by atomic mass is 35.5. The fourth-order valence-corrected chi connectivity index (χ4v) is 3.06. The van der Waals surface area contributed by atoms with Gasteiger partial charge in [-0.1, -0.05) is 48.0 Å². The molecule has 2 aromatic carbocycles. The van der Waals surface area contributed by atoms with Crippen LogP contribution in [0.2, 0.25) is 5.02 Å². The third-order valence-corrected chi connectivity index (χ3v) is 4.50. The van der Waals surface area contributed by atoms with Crippen LogP contribution in [0.5, 0.6) is 0 Å². The van der Waals surface area contributed by atoms with E-state index in [0.717, 1.165) is 12.0 Å². The monoisotopic (exact) mass is 343 g/mol. The highest BCUT2D eigenvalue weighted by molar-refractivity contribution is 6.33. The standard InChI is InChI=1S/C19H18ClNO3/c1-13(24-19(23)16-8-4-5-9-17(16)20)18(22)21-11-10-14-6-2-3-7-15(14)12-21/h2-9,13H,10-12H2,1H3/t13-/m1/s1. The van der Waals surface area contributed by atoms with Gasteiger partial charge in [0.2, 0.25) is 0 Å². The Balaban J connectivity index is 1.65. The first kappa shape index (κ1) is 16.5. The van der Waals surface area contributed by atoms with E-state index in [0.29, 0.717) is 18.1 Å². The van der Waals surface area contributed by atoms with E-state index in [-0.39, 0.29) is 11.5 Å². The SMILES string of the molecule is C[C@@H](OC(=O)c1ccccc1Cl)C(=O)N1CCc2ccccc2C1. The van der Waals surface area contributed by atoms with Crippen molar-refractivity contribution in [2.45, 2.75) is 26.0 Å². The molecule has 0 unspecified atom stereocenters. The van der Waals surface area contributed by atoms with Gasteiger partial charge in [0.1, 0.15) is 0 Å². The second kappa shape index (κ2) is 7.05. The maximum absolute atomic E-state index is 12.6. The van der Waals surface area contributed by atoms with Crippen molar-refractivity contribution in [3.8, 4) is 0 Å². The second-order valence-electron chi connectivity index (χ2n) is 5.81. The first-order valence-electron chi connectivity index (χ1n) is 7.87. The molecule has 1 heterocycles. The fraction of sp³-hybridized carbons (Fsp3) is 0.263. The van der Waals surface area contributed by atoms with Gasteiger partial charge < -0.3 is 9.64 Å². The molecule has 0 radical (unpaired) electrons. The number of nitrogens with zero attached hydrogens (tertiary/aromatic N) is 1. The molecule has 0 bridgehead atoms. The number of esters is 1. The van der Waals surface area contributed by atoms with Crippen molar-refractivity contribution in [1.29, 1.82) is 0 Å². The minimum absolute atomic E-state index is 0.190. The summed E-state index contributed by atoms with van der Waals surface area (Å²) in [4.78, 5) is 26.5. The Morgan fingerprint density at radius 3 is 2.50 bits per heavy atom. The lowest BCUT2D eigenvalue weighted by atomic mass is 9.99. The lowest BCUT2D eigenvalue weighted by Gasteiger charge is -2.30. The molecule has 0 aliphatic carbocycles. The number of carbonyl (C=O) groups is 2. The van der Waals surface area contributed by atoms with E-state index >= 15 is 0 Å². The zero-order valence-corrected chi connectivity index (χ0v) is 14.1. The van der Waals surface area contributed by atoms with E-state index in [2.05, 4.69) is 6.07 Å². The van der Waals surface area contributed by atoms with Crippen LogP contribution in [-0.4, -0.2) is 29.4 Å². The Kier molecular flexibility index (Phi) is 4.86. The predicted octanol–water partition coefficient (Wildman–Crippen LogP) is 3.47. The van der Waals surface area contributed by atoms with Crippen molar-refractivity contribution < 1.29 is 14.3 Å². The minimum Gasteiger partial charge on any atom is -0.449 e. The normalized spacial score (nSPS) is 14.7. The quantitative estimate of drug-likeness (QED) is 0.802. The van der Waals surface area contributed by atoms with Crippen molar-refractivity contribution in [3.05, 3.63) is 70.2 Å². The molecule has 0 saturated carbocycles. The number of hydrogen-bond donors (Lipinski definition) is 0. The zero-order chi connectivity index (χ0) is 17.1. The number of hydrogen-bond acceptors (Lipinski definition) is 3. The third kappa shape index (κ3) is 3.44. The Bertz CT molecular complexity index is 775. The molecule has 0 aromatic heterocycles. The van der Waals surface area contributed by atoms with Gasteiger partial charge in [-0.25, -0.2) is 4.79 Å². The molecule has 4 nitrogen and oxygen atoms in total. The number of fused-ring (bicyclic) bond motifs is 1. The molecule has 24 heavy (non-hydrogen) atoms. The molecule has 5 heteroatoms. The van der Waals surface area contributed by atoms with E-state index in [9.17, 15) is 9.59 Å². The van der Waals surface area contributed by atoms with Crippen LogP contribution in [0.25, 0.3) is 0 Å². The molecular formula is C19H18ClNO3. The predicted molar refractivity (Wildman–Crippen MR) is 91.9 cm³/mol. The van der Waals surface area contributed by atoms with Crippen LogP contribution in [0.15, 0.2) is 48.5 Å². The third-order valence-electron chi connectivity index (χ3n) is 4.17. The smallest absolute Gasteiger partial charge is 0.340 e. The van der Waals surface area contributed by atoms with Gasteiger partial charge in [0.15, 0.2) is 6.10 Å². The first-order chi connectivity index (χ1) is 11.6. The molecule has 124 valence electrons. The van der Waals surface area contributed by atoms with Crippen LogP contribution in [0.3, 0.4) is 0 Å². The summed E-state index contributed by atoms with van der Waals surface area (Å²) in [5.74, 6) is -0.774. The number of halogens is 1. The molecule has 3 rings (SSSR count). The summed E-state index contributed by atoms with van der Waals surface area (Å²) in [5.41, 5.74) is 2.67. The molecule has 2 aromatic rings. The lowest BCUT2D eigenvalue weighted by Crippen LogP contribution is -2.42. The molecule has 1 atom stereocenters. The van der Waals surface area contributed by atoms with Gasteiger partial charge in [-0.05, 0) is 36.6 Å². The van der Waals surface area contributed by atoms with Crippen LogP contribution in [0.1, 0.15) is 28.4 Å². The van der Waals surface area contributed by atoms with Gasteiger partial charge in [0, 0.05) is 13.1 Å². The highest BCUT2D eigenvalue weighted by Crippen LogP contribution is 2.21. The van der Waals surface area contributed by atoms with Gasteiger partial charge in [0.05, 0.1) is 10.6 Å². The van der Waals surface area contributed by atoms with E-state index in [1.54, 1.807) is 36.1 Å². The van der Waals surface area contributed by atoms with Gasteiger partial charge in [-0.2, -0.15) is 0 Å². The Morgan fingerprint density at radius 2 is 1.75 bits per heavy atom. The maximum Gasteiger partial charge on any atom is 0.340 e. The summed E-state index contributed by atoms with van der Waals surface area (Å²) in [6.45, 7) is 2.77. The van der Waals surface area contributed by atoms with Crippen LogP contribution >= 0.6 is 11.6 Å². The summed E-state index contributed by atoms with van der Waals surface area (Å²) >= 11 is 5.99. The van der Waals surface area contributed by atoms with Crippen molar-refractivity contribution in [2.24, 2.45) is 0 Å². The maximum atomic E-state index is 12.6. The van der Waals surface area contributed by atoms with E-state index in [1.807, 2.05) is 18.2 Å². The van der Waals surface area contributed by atoms with Crippen molar-refractivity contribution in [3.63, 3.8) is 0 Å². The Morgan fingerprint density at radius 1 is 1.08 bits per heavy atom. The van der Waals surface area contributed by atoms with E-state index < -0.39 is 12.1 Å². The average molecular weight is 344 g/mol. The number of amides is 1. The van der Waals surface area contributed by atoms with Crippen LogP contribution in [0, 0.1) is 0 Å². The van der Waals surface area contributed by atoms with E-state index in [1.165, 1.54) is 5.56 Å².